The highest BCUT2D eigenvalue weighted by molar-refractivity contribution is 6.30. The Morgan fingerprint density at radius 2 is 1.69 bits per heavy atom. The zero-order valence-corrected chi connectivity index (χ0v) is 28.6. The van der Waals surface area contributed by atoms with E-state index < -0.39 is 53.7 Å². The Kier molecular flexibility index (Phi) is 12.0. The van der Waals surface area contributed by atoms with Crippen LogP contribution in [0, 0.1) is 11.8 Å². The minimum atomic E-state index is -1.56. The molecule has 48 heavy (non-hydrogen) atoms. The molecule has 0 bridgehead atoms. The summed E-state index contributed by atoms with van der Waals surface area (Å²) in [6, 6.07) is 14.8. The molecule has 0 radical (unpaired) electrons. The van der Waals surface area contributed by atoms with E-state index >= 15 is 0 Å². The van der Waals surface area contributed by atoms with Crippen LogP contribution < -0.4 is 21.3 Å². The maximum absolute atomic E-state index is 14.1. The molecule has 2 aliphatic carbocycles. The predicted molar refractivity (Wildman–Crippen MR) is 183 cm³/mol. The molecule has 5 atom stereocenters. The molecule has 0 spiro atoms. The maximum atomic E-state index is 14.1. The van der Waals surface area contributed by atoms with Crippen LogP contribution in [0.4, 0.5) is 4.79 Å². The van der Waals surface area contributed by atoms with Crippen molar-refractivity contribution in [1.29, 1.82) is 0 Å². The van der Waals surface area contributed by atoms with E-state index in [-0.39, 0.29) is 24.3 Å². The van der Waals surface area contributed by atoms with Gasteiger partial charge in [-0.3, -0.25) is 14.4 Å². The molecule has 4 unspecified atom stereocenters. The summed E-state index contributed by atoms with van der Waals surface area (Å²) in [5.74, 6) is -1.57. The van der Waals surface area contributed by atoms with Crippen LogP contribution in [0.2, 0.25) is 5.02 Å². The number of rotatable bonds is 14. The van der Waals surface area contributed by atoms with E-state index in [2.05, 4.69) is 21.3 Å². The number of nitrogens with one attached hydrogen (secondary N) is 4. The van der Waals surface area contributed by atoms with E-state index in [0.717, 1.165) is 56.1 Å². The SMILES string of the molecule is CC1(C)CC(CC(NC(=O)[C@H](CC2CCCCC2)NC(=O)OC(Cc2cccc(Cl)c2)c2ccccc2)C(O)C(=O)NC2CC2)C(=O)N1. The van der Waals surface area contributed by atoms with Crippen LogP contribution in [0.5, 0.6) is 0 Å². The molecule has 1 heterocycles. The molecule has 3 fully saturated rings. The highest BCUT2D eigenvalue weighted by Gasteiger charge is 2.42. The third-order valence-electron chi connectivity index (χ3n) is 9.66. The van der Waals surface area contributed by atoms with E-state index in [1.54, 1.807) is 6.07 Å². The molecule has 2 aromatic carbocycles. The monoisotopic (exact) mass is 680 g/mol. The van der Waals surface area contributed by atoms with Crippen molar-refractivity contribution in [3.8, 4) is 0 Å². The van der Waals surface area contributed by atoms with Crippen LogP contribution >= 0.6 is 11.6 Å². The Bertz CT molecular complexity index is 1430. The lowest BCUT2D eigenvalue weighted by molar-refractivity contribution is -0.134. The van der Waals surface area contributed by atoms with Crippen LogP contribution in [-0.2, 0) is 25.5 Å². The van der Waals surface area contributed by atoms with Gasteiger partial charge in [-0.15, -0.1) is 0 Å². The van der Waals surface area contributed by atoms with E-state index in [4.69, 9.17) is 16.3 Å². The predicted octanol–water partition coefficient (Wildman–Crippen LogP) is 5.12. The van der Waals surface area contributed by atoms with E-state index in [9.17, 15) is 24.3 Å². The van der Waals surface area contributed by atoms with Crippen molar-refractivity contribution in [3.05, 3.63) is 70.7 Å². The van der Waals surface area contributed by atoms with Crippen LogP contribution in [-0.4, -0.2) is 58.7 Å². The Balaban J connectivity index is 1.33. The number of benzene rings is 2. The number of aliphatic hydroxyl groups is 1. The molecule has 11 heteroatoms. The van der Waals surface area contributed by atoms with E-state index in [1.165, 1.54) is 0 Å². The lowest BCUT2D eigenvalue weighted by atomic mass is 9.84. The lowest BCUT2D eigenvalue weighted by Gasteiger charge is -2.30. The Hall–Kier alpha value is -3.63. The van der Waals surface area contributed by atoms with Gasteiger partial charge in [0, 0.05) is 28.9 Å². The fourth-order valence-electron chi connectivity index (χ4n) is 7.01. The number of hydrogen-bond donors (Lipinski definition) is 5. The molecule has 1 aliphatic heterocycles. The first kappa shape index (κ1) is 35.7. The third-order valence-corrected chi connectivity index (χ3v) is 9.90. The van der Waals surface area contributed by atoms with Crippen molar-refractivity contribution in [3.63, 3.8) is 0 Å². The first-order chi connectivity index (χ1) is 23.0. The number of aliphatic hydroxyl groups excluding tert-OH is 1. The standard InChI is InChI=1S/C37H49ClN4O6/c1-37(2)22-26(33(44)42-37)21-29(32(43)35(46)39-28-16-17-28)40-34(45)30(19-23-10-5-3-6-11-23)41-36(47)48-31(25-13-7-4-8-14-25)20-24-12-9-15-27(38)18-24/h4,7-9,12-15,18,23,26,28-32,43H,3,5-6,10-11,16-17,19-22H2,1-2H3,(H,39,46)(H,40,45)(H,41,47)(H,42,44)/t26?,29?,30-,31?,32?/m0/s1. The average molecular weight is 681 g/mol. The molecule has 2 saturated carbocycles. The van der Waals surface area contributed by atoms with Gasteiger partial charge in [-0.05, 0) is 75.1 Å². The van der Waals surface area contributed by atoms with Crippen molar-refractivity contribution in [2.45, 2.75) is 120 Å². The van der Waals surface area contributed by atoms with Crippen molar-refractivity contribution in [1.82, 2.24) is 21.3 Å². The largest absolute Gasteiger partial charge is 0.441 e. The van der Waals surface area contributed by atoms with Gasteiger partial charge in [0.15, 0.2) is 6.10 Å². The lowest BCUT2D eigenvalue weighted by Crippen LogP contribution is -2.56. The fraction of sp³-hybridized carbons (Fsp3) is 0.568. The molecule has 5 rings (SSSR count). The molecule has 260 valence electrons. The first-order valence-corrected chi connectivity index (χ1v) is 17.7. The first-order valence-electron chi connectivity index (χ1n) is 17.3. The fourth-order valence-corrected chi connectivity index (χ4v) is 7.22. The summed E-state index contributed by atoms with van der Waals surface area (Å²) in [5, 5.41) is 23.2. The number of alkyl carbamates (subject to hydrolysis) is 1. The Morgan fingerprint density at radius 3 is 2.33 bits per heavy atom. The van der Waals surface area contributed by atoms with Gasteiger partial charge >= 0.3 is 6.09 Å². The van der Waals surface area contributed by atoms with Crippen molar-refractivity contribution in [2.24, 2.45) is 11.8 Å². The quantitative estimate of drug-likeness (QED) is 0.187. The van der Waals surface area contributed by atoms with Crippen LogP contribution in [0.3, 0.4) is 0 Å². The summed E-state index contributed by atoms with van der Waals surface area (Å²) in [5.41, 5.74) is 1.25. The average Bonchev–Trinajstić information content (AvgIpc) is 3.83. The molecule has 5 N–H and O–H groups in total. The van der Waals surface area contributed by atoms with Crippen molar-refractivity contribution >= 4 is 35.4 Å². The molecular weight excluding hydrogens is 632 g/mol. The number of amides is 4. The molecule has 4 amide bonds. The number of halogens is 1. The molecule has 2 aromatic rings. The smallest absolute Gasteiger partial charge is 0.408 e. The molecule has 3 aliphatic rings. The number of hydrogen-bond acceptors (Lipinski definition) is 6. The summed E-state index contributed by atoms with van der Waals surface area (Å²) in [7, 11) is 0. The van der Waals surface area contributed by atoms with Crippen LogP contribution in [0.15, 0.2) is 54.6 Å². The second-order valence-electron chi connectivity index (χ2n) is 14.4. The van der Waals surface area contributed by atoms with Gasteiger partial charge < -0.3 is 31.1 Å². The molecule has 10 nitrogen and oxygen atoms in total. The van der Waals surface area contributed by atoms with Crippen molar-refractivity contribution in [2.75, 3.05) is 0 Å². The molecule has 0 aromatic heterocycles. The highest BCUT2D eigenvalue weighted by atomic mass is 35.5. The van der Waals surface area contributed by atoms with E-state index in [1.807, 2.05) is 62.4 Å². The number of carbonyl (C=O) groups is 4. The second kappa shape index (κ2) is 16.2. The van der Waals surface area contributed by atoms with Gasteiger partial charge in [0.1, 0.15) is 12.1 Å². The van der Waals surface area contributed by atoms with Gasteiger partial charge in [-0.2, -0.15) is 0 Å². The molecular formula is C37H49ClN4O6. The maximum Gasteiger partial charge on any atom is 0.408 e. The highest BCUT2D eigenvalue weighted by Crippen LogP contribution is 2.31. The minimum Gasteiger partial charge on any atom is -0.441 e. The van der Waals surface area contributed by atoms with Crippen LogP contribution in [0.25, 0.3) is 0 Å². The zero-order valence-electron chi connectivity index (χ0n) is 27.9. The number of ether oxygens (including phenoxy) is 1. The van der Waals surface area contributed by atoms with Gasteiger partial charge in [0.2, 0.25) is 11.8 Å². The van der Waals surface area contributed by atoms with Crippen molar-refractivity contribution < 1.29 is 29.0 Å². The van der Waals surface area contributed by atoms with Gasteiger partial charge in [-0.25, -0.2) is 4.79 Å². The third kappa shape index (κ3) is 10.4. The summed E-state index contributed by atoms with van der Waals surface area (Å²) < 4.78 is 6.00. The Morgan fingerprint density at radius 1 is 0.958 bits per heavy atom. The van der Waals surface area contributed by atoms with E-state index in [0.29, 0.717) is 24.3 Å². The topological polar surface area (TPSA) is 146 Å². The molecule has 1 saturated heterocycles. The summed E-state index contributed by atoms with van der Waals surface area (Å²) in [6.45, 7) is 3.83. The summed E-state index contributed by atoms with van der Waals surface area (Å²) >= 11 is 6.23. The minimum absolute atomic E-state index is 0.0113. The van der Waals surface area contributed by atoms with Gasteiger partial charge in [0.05, 0.1) is 6.04 Å². The van der Waals surface area contributed by atoms with Crippen LogP contribution in [0.1, 0.15) is 95.3 Å². The number of carbonyl (C=O) groups excluding carboxylic acids is 4. The summed E-state index contributed by atoms with van der Waals surface area (Å²) in [4.78, 5) is 53.4. The van der Waals surface area contributed by atoms with Gasteiger partial charge in [-0.1, -0.05) is 86.2 Å². The van der Waals surface area contributed by atoms with Gasteiger partial charge in [0.25, 0.3) is 5.91 Å². The Labute approximate surface area is 288 Å². The second-order valence-corrected chi connectivity index (χ2v) is 14.9. The summed E-state index contributed by atoms with van der Waals surface area (Å²) in [6.07, 6.45) is 5.18. The zero-order chi connectivity index (χ0) is 34.3. The normalized spacial score (nSPS) is 21.7.